The number of aryl methyl sites for hydroxylation is 3. The molecular formula is C15H23N5O. The van der Waals surface area contributed by atoms with Gasteiger partial charge in [0.2, 0.25) is 5.88 Å². The Hall–Kier alpha value is -1.82. The molecule has 0 radical (unpaired) electrons. The monoisotopic (exact) mass is 289 g/mol. The summed E-state index contributed by atoms with van der Waals surface area (Å²) in [7, 11) is 5.70. The van der Waals surface area contributed by atoms with E-state index in [1.807, 2.05) is 31.2 Å². The predicted molar refractivity (Wildman–Crippen MR) is 80.1 cm³/mol. The first-order chi connectivity index (χ1) is 10.1. The lowest BCUT2D eigenvalue weighted by atomic mass is 10.1. The lowest BCUT2D eigenvalue weighted by Gasteiger charge is -2.24. The van der Waals surface area contributed by atoms with Crippen LogP contribution in [0.3, 0.4) is 0 Å². The second-order valence-corrected chi connectivity index (χ2v) is 5.71. The number of hydrogen-bond acceptors (Lipinski definition) is 4. The van der Waals surface area contributed by atoms with E-state index in [9.17, 15) is 0 Å². The van der Waals surface area contributed by atoms with Crippen LogP contribution in [-0.4, -0.2) is 37.9 Å². The van der Waals surface area contributed by atoms with E-state index < -0.39 is 0 Å². The van der Waals surface area contributed by atoms with Gasteiger partial charge in [-0.2, -0.15) is 5.10 Å². The van der Waals surface area contributed by atoms with Gasteiger partial charge in [-0.25, -0.2) is 9.67 Å². The highest BCUT2D eigenvalue weighted by atomic mass is 16.5. The minimum Gasteiger partial charge on any atom is -0.481 e. The Morgan fingerprint density at radius 1 is 1.38 bits per heavy atom. The van der Waals surface area contributed by atoms with Crippen molar-refractivity contribution in [3.8, 4) is 5.88 Å². The van der Waals surface area contributed by atoms with E-state index in [1.165, 1.54) is 12.0 Å². The second kappa shape index (κ2) is 5.52. The van der Waals surface area contributed by atoms with Gasteiger partial charge in [-0.05, 0) is 26.3 Å². The Morgan fingerprint density at radius 3 is 2.86 bits per heavy atom. The zero-order chi connectivity index (χ0) is 15.0. The molecule has 1 aliphatic rings. The van der Waals surface area contributed by atoms with Crippen molar-refractivity contribution in [2.24, 2.45) is 14.1 Å². The SMILES string of the molecule is COc1c([C@H]2CCCN2Cc2nccn2C)c(C)nn1C. The van der Waals surface area contributed by atoms with E-state index in [0.29, 0.717) is 6.04 Å². The van der Waals surface area contributed by atoms with E-state index in [1.54, 1.807) is 7.11 Å². The molecule has 0 aliphatic carbocycles. The molecule has 6 heteroatoms. The molecule has 0 bridgehead atoms. The summed E-state index contributed by atoms with van der Waals surface area (Å²) in [6.07, 6.45) is 6.20. The fraction of sp³-hybridized carbons (Fsp3) is 0.600. The third kappa shape index (κ3) is 2.44. The van der Waals surface area contributed by atoms with E-state index in [4.69, 9.17) is 4.74 Å². The van der Waals surface area contributed by atoms with Gasteiger partial charge in [0.25, 0.3) is 0 Å². The van der Waals surface area contributed by atoms with E-state index in [0.717, 1.165) is 36.9 Å². The molecule has 0 amide bonds. The standard InChI is InChI=1S/C15H23N5O/c1-11-14(15(21-4)19(3)17-11)12-6-5-8-20(12)10-13-16-7-9-18(13)2/h7,9,12H,5-6,8,10H2,1-4H3/t12-/m1/s1. The summed E-state index contributed by atoms with van der Waals surface area (Å²) in [5, 5.41) is 4.52. The molecule has 1 aliphatic heterocycles. The lowest BCUT2D eigenvalue weighted by molar-refractivity contribution is 0.233. The van der Waals surface area contributed by atoms with Crippen molar-refractivity contribution >= 4 is 0 Å². The molecule has 21 heavy (non-hydrogen) atoms. The number of hydrogen-bond donors (Lipinski definition) is 0. The Morgan fingerprint density at radius 2 is 2.19 bits per heavy atom. The zero-order valence-corrected chi connectivity index (χ0v) is 13.2. The third-order valence-corrected chi connectivity index (χ3v) is 4.37. The van der Waals surface area contributed by atoms with Gasteiger partial charge in [0.1, 0.15) is 5.82 Å². The van der Waals surface area contributed by atoms with Crippen LogP contribution >= 0.6 is 0 Å². The van der Waals surface area contributed by atoms with Crippen molar-refractivity contribution in [2.75, 3.05) is 13.7 Å². The van der Waals surface area contributed by atoms with Crippen LogP contribution < -0.4 is 4.74 Å². The summed E-state index contributed by atoms with van der Waals surface area (Å²) in [5.74, 6) is 1.98. The number of rotatable bonds is 4. The second-order valence-electron chi connectivity index (χ2n) is 5.71. The summed E-state index contributed by atoms with van der Waals surface area (Å²) in [6.45, 7) is 4.02. The molecule has 0 aromatic carbocycles. The van der Waals surface area contributed by atoms with Crippen LogP contribution in [0.15, 0.2) is 12.4 Å². The molecule has 3 rings (SSSR count). The Balaban J connectivity index is 1.89. The summed E-state index contributed by atoms with van der Waals surface area (Å²) < 4.78 is 9.49. The number of aromatic nitrogens is 4. The van der Waals surface area contributed by atoms with E-state index in [-0.39, 0.29) is 0 Å². The van der Waals surface area contributed by atoms with Gasteiger partial charge >= 0.3 is 0 Å². The number of ether oxygens (including phenoxy) is 1. The van der Waals surface area contributed by atoms with E-state index in [2.05, 4.69) is 26.5 Å². The van der Waals surface area contributed by atoms with Gasteiger partial charge in [-0.15, -0.1) is 0 Å². The molecular weight excluding hydrogens is 266 g/mol. The van der Waals surface area contributed by atoms with Gasteiger partial charge in [0.15, 0.2) is 0 Å². The molecule has 1 fully saturated rings. The maximum atomic E-state index is 5.57. The van der Waals surface area contributed by atoms with Gasteiger partial charge in [-0.3, -0.25) is 4.90 Å². The number of imidazole rings is 1. The van der Waals surface area contributed by atoms with Crippen LogP contribution in [0.2, 0.25) is 0 Å². The summed E-state index contributed by atoms with van der Waals surface area (Å²) in [6, 6.07) is 0.366. The predicted octanol–water partition coefficient (Wildman–Crippen LogP) is 1.81. The van der Waals surface area contributed by atoms with Crippen molar-refractivity contribution in [3.63, 3.8) is 0 Å². The Labute approximate surface area is 125 Å². The molecule has 0 unspecified atom stereocenters. The van der Waals surface area contributed by atoms with Crippen LogP contribution in [0, 0.1) is 6.92 Å². The molecule has 0 spiro atoms. The molecule has 1 atom stereocenters. The lowest BCUT2D eigenvalue weighted by Crippen LogP contribution is -2.25. The topological polar surface area (TPSA) is 48.1 Å². The van der Waals surface area contributed by atoms with Crippen molar-refractivity contribution in [1.29, 1.82) is 0 Å². The van der Waals surface area contributed by atoms with Crippen molar-refractivity contribution in [1.82, 2.24) is 24.2 Å². The van der Waals surface area contributed by atoms with Crippen LogP contribution in [0.4, 0.5) is 0 Å². The first-order valence-corrected chi connectivity index (χ1v) is 7.39. The molecule has 2 aromatic heterocycles. The third-order valence-electron chi connectivity index (χ3n) is 4.37. The minimum atomic E-state index is 0.366. The molecule has 0 saturated carbocycles. The van der Waals surface area contributed by atoms with Crippen LogP contribution in [-0.2, 0) is 20.6 Å². The smallest absolute Gasteiger partial charge is 0.216 e. The number of likely N-dealkylation sites (tertiary alicyclic amines) is 1. The normalized spacial score (nSPS) is 19.3. The van der Waals surface area contributed by atoms with Crippen molar-refractivity contribution in [2.45, 2.75) is 32.4 Å². The average Bonchev–Trinajstić information content (AvgIpc) is 3.11. The molecule has 2 aromatic rings. The molecule has 1 saturated heterocycles. The highest BCUT2D eigenvalue weighted by molar-refractivity contribution is 5.35. The molecule has 6 nitrogen and oxygen atoms in total. The van der Waals surface area contributed by atoms with Crippen LogP contribution in [0.25, 0.3) is 0 Å². The van der Waals surface area contributed by atoms with Crippen molar-refractivity contribution < 1.29 is 4.74 Å². The van der Waals surface area contributed by atoms with Gasteiger partial charge in [-0.1, -0.05) is 0 Å². The first kappa shape index (κ1) is 14.1. The first-order valence-electron chi connectivity index (χ1n) is 7.39. The minimum absolute atomic E-state index is 0.366. The van der Waals surface area contributed by atoms with Gasteiger partial charge in [0, 0.05) is 32.5 Å². The van der Waals surface area contributed by atoms with Crippen LogP contribution in [0.1, 0.15) is 36.0 Å². The maximum absolute atomic E-state index is 5.57. The zero-order valence-electron chi connectivity index (χ0n) is 13.2. The van der Waals surface area contributed by atoms with Gasteiger partial charge < -0.3 is 9.30 Å². The summed E-state index contributed by atoms with van der Waals surface area (Å²) in [4.78, 5) is 6.93. The fourth-order valence-corrected chi connectivity index (χ4v) is 3.35. The summed E-state index contributed by atoms with van der Waals surface area (Å²) >= 11 is 0. The van der Waals surface area contributed by atoms with E-state index >= 15 is 0 Å². The largest absolute Gasteiger partial charge is 0.481 e. The average molecular weight is 289 g/mol. The molecule has 114 valence electrons. The number of methoxy groups -OCH3 is 1. The Kier molecular flexibility index (Phi) is 3.71. The summed E-state index contributed by atoms with van der Waals surface area (Å²) in [5.41, 5.74) is 2.29. The van der Waals surface area contributed by atoms with Crippen molar-refractivity contribution in [3.05, 3.63) is 29.5 Å². The molecule has 3 heterocycles. The number of nitrogens with zero attached hydrogens (tertiary/aromatic N) is 5. The Bertz CT molecular complexity index is 630. The molecule has 0 N–H and O–H groups in total. The van der Waals surface area contributed by atoms with Crippen LogP contribution in [0.5, 0.6) is 5.88 Å². The quantitative estimate of drug-likeness (QED) is 0.861. The highest BCUT2D eigenvalue weighted by Crippen LogP contribution is 2.39. The van der Waals surface area contributed by atoms with Gasteiger partial charge in [0.05, 0.1) is 24.9 Å². The maximum Gasteiger partial charge on any atom is 0.216 e. The highest BCUT2D eigenvalue weighted by Gasteiger charge is 2.32. The fourth-order valence-electron chi connectivity index (χ4n) is 3.35.